The number of methoxy groups -OCH3 is 1. The quantitative estimate of drug-likeness (QED) is 0.778. The molecule has 0 saturated heterocycles. The van der Waals surface area contributed by atoms with E-state index in [0.29, 0.717) is 17.0 Å². The predicted molar refractivity (Wildman–Crippen MR) is 71.6 cm³/mol. The molecule has 2 rings (SSSR count). The number of amides is 1. The molecule has 0 bridgehead atoms. The summed E-state index contributed by atoms with van der Waals surface area (Å²) < 4.78 is 27.5. The van der Waals surface area contributed by atoms with Crippen molar-refractivity contribution in [2.75, 3.05) is 18.6 Å². The van der Waals surface area contributed by atoms with Crippen LogP contribution in [0.2, 0.25) is 0 Å². The highest BCUT2D eigenvalue weighted by Crippen LogP contribution is 2.19. The largest absolute Gasteiger partial charge is 0.497 e. The molecule has 1 aliphatic rings. The van der Waals surface area contributed by atoms with E-state index >= 15 is 0 Å². The first-order valence-electron chi connectivity index (χ1n) is 5.56. The van der Waals surface area contributed by atoms with Crippen LogP contribution in [0.25, 0.3) is 0 Å². The first kappa shape index (κ1) is 13.4. The first-order chi connectivity index (χ1) is 8.89. The zero-order valence-corrected chi connectivity index (χ0v) is 11.1. The van der Waals surface area contributed by atoms with Gasteiger partial charge >= 0.3 is 0 Å². The lowest BCUT2D eigenvalue weighted by Gasteiger charge is -2.11. The first-order valence-corrected chi connectivity index (χ1v) is 7.27. The molecule has 7 heteroatoms. The second kappa shape index (κ2) is 4.93. The maximum absolute atomic E-state index is 12.0. The van der Waals surface area contributed by atoms with Crippen molar-refractivity contribution in [3.05, 3.63) is 35.2 Å². The van der Waals surface area contributed by atoms with Crippen LogP contribution in [0.4, 0.5) is 5.69 Å². The monoisotopic (exact) mass is 282 g/mol. The average Bonchev–Trinajstić information content (AvgIpc) is 2.67. The Bertz CT molecular complexity index is 637. The fraction of sp³-hybridized carbons (Fsp3) is 0.250. The molecule has 1 aromatic rings. The summed E-state index contributed by atoms with van der Waals surface area (Å²) in [6.07, 6.45) is 1.46. The number of nitrogens with two attached hydrogens (primary N) is 1. The standard InChI is InChI=1S/C12H14N2O4S/c1-18-11-5-8(4-9(13)6-11)12(15)14-10-2-3-19(16,17)7-10/h2-6,10H,7,13H2,1H3,(H,14,15). The van der Waals surface area contributed by atoms with Crippen LogP contribution >= 0.6 is 0 Å². The molecular weight excluding hydrogens is 268 g/mol. The minimum absolute atomic E-state index is 0.113. The van der Waals surface area contributed by atoms with Gasteiger partial charge in [-0.25, -0.2) is 8.42 Å². The van der Waals surface area contributed by atoms with Crippen molar-refractivity contribution in [2.24, 2.45) is 0 Å². The van der Waals surface area contributed by atoms with Crippen LogP contribution in [-0.2, 0) is 9.84 Å². The SMILES string of the molecule is COc1cc(N)cc(C(=O)NC2C=CS(=O)(=O)C2)c1. The molecule has 1 aliphatic heterocycles. The maximum Gasteiger partial charge on any atom is 0.251 e. The number of hydrogen-bond acceptors (Lipinski definition) is 5. The normalized spacial score (nSPS) is 20.2. The van der Waals surface area contributed by atoms with Gasteiger partial charge in [0.1, 0.15) is 5.75 Å². The Morgan fingerprint density at radius 2 is 2.16 bits per heavy atom. The second-order valence-electron chi connectivity index (χ2n) is 4.23. The number of carbonyl (C=O) groups is 1. The molecule has 3 N–H and O–H groups in total. The summed E-state index contributed by atoms with van der Waals surface area (Å²) in [6, 6.07) is 4.13. The number of nitrogens with one attached hydrogen (secondary N) is 1. The third-order valence-corrected chi connectivity index (χ3v) is 4.07. The molecule has 102 valence electrons. The van der Waals surface area contributed by atoms with E-state index in [1.54, 1.807) is 12.1 Å². The molecule has 0 spiro atoms. The highest BCUT2D eigenvalue weighted by molar-refractivity contribution is 7.94. The number of rotatable bonds is 3. The Labute approximate surface area is 111 Å². The van der Waals surface area contributed by atoms with Gasteiger partial charge in [0.25, 0.3) is 5.91 Å². The summed E-state index contributed by atoms with van der Waals surface area (Å²) in [5, 5.41) is 3.72. The van der Waals surface area contributed by atoms with E-state index in [1.165, 1.54) is 19.3 Å². The number of hydrogen-bond donors (Lipinski definition) is 2. The number of nitrogen functional groups attached to an aromatic ring is 1. The van der Waals surface area contributed by atoms with Crippen molar-refractivity contribution < 1.29 is 17.9 Å². The highest BCUT2D eigenvalue weighted by Gasteiger charge is 2.23. The fourth-order valence-electron chi connectivity index (χ4n) is 1.79. The third kappa shape index (κ3) is 3.25. The molecule has 1 amide bonds. The number of anilines is 1. The summed E-state index contributed by atoms with van der Waals surface area (Å²) >= 11 is 0. The molecule has 0 aliphatic carbocycles. The summed E-state index contributed by atoms with van der Waals surface area (Å²) in [6.45, 7) is 0. The van der Waals surface area contributed by atoms with Crippen LogP contribution in [0.3, 0.4) is 0 Å². The molecule has 1 heterocycles. The van der Waals surface area contributed by atoms with Crippen LogP contribution in [0.15, 0.2) is 29.7 Å². The lowest BCUT2D eigenvalue weighted by Crippen LogP contribution is -2.35. The molecule has 1 unspecified atom stereocenters. The van der Waals surface area contributed by atoms with Crippen molar-refractivity contribution >= 4 is 21.4 Å². The smallest absolute Gasteiger partial charge is 0.251 e. The number of sulfone groups is 1. The second-order valence-corrected chi connectivity index (χ2v) is 6.16. The van der Waals surface area contributed by atoms with Gasteiger partial charge in [-0.1, -0.05) is 0 Å². The van der Waals surface area contributed by atoms with Crippen molar-refractivity contribution in [2.45, 2.75) is 6.04 Å². The molecule has 0 saturated carbocycles. The van der Waals surface area contributed by atoms with E-state index in [-0.39, 0.29) is 5.75 Å². The van der Waals surface area contributed by atoms with E-state index in [0.717, 1.165) is 5.41 Å². The van der Waals surface area contributed by atoms with Gasteiger partial charge in [-0.15, -0.1) is 0 Å². The zero-order valence-electron chi connectivity index (χ0n) is 10.3. The predicted octanol–water partition coefficient (Wildman–Crippen LogP) is 0.318. The van der Waals surface area contributed by atoms with E-state index in [1.807, 2.05) is 0 Å². The van der Waals surface area contributed by atoms with Crippen LogP contribution in [-0.4, -0.2) is 33.2 Å². The van der Waals surface area contributed by atoms with Crippen LogP contribution in [0, 0.1) is 0 Å². The highest BCUT2D eigenvalue weighted by atomic mass is 32.2. The molecule has 6 nitrogen and oxygen atoms in total. The van der Waals surface area contributed by atoms with Gasteiger partial charge in [0.05, 0.1) is 18.9 Å². The molecule has 0 fully saturated rings. The van der Waals surface area contributed by atoms with Crippen LogP contribution < -0.4 is 15.8 Å². The van der Waals surface area contributed by atoms with Crippen LogP contribution in [0.1, 0.15) is 10.4 Å². The minimum Gasteiger partial charge on any atom is -0.497 e. The minimum atomic E-state index is -3.19. The van der Waals surface area contributed by atoms with Crippen molar-refractivity contribution in [3.8, 4) is 5.75 Å². The Morgan fingerprint density at radius 1 is 1.42 bits per heavy atom. The van der Waals surface area contributed by atoms with Crippen molar-refractivity contribution in [1.82, 2.24) is 5.32 Å². The number of carbonyl (C=O) groups excluding carboxylic acids is 1. The zero-order chi connectivity index (χ0) is 14.0. The number of ether oxygens (including phenoxy) is 1. The summed E-state index contributed by atoms with van der Waals surface area (Å²) in [4.78, 5) is 12.0. The fourth-order valence-corrected chi connectivity index (χ4v) is 3.02. The Morgan fingerprint density at radius 3 is 2.74 bits per heavy atom. The van der Waals surface area contributed by atoms with Crippen LogP contribution in [0.5, 0.6) is 5.75 Å². The van der Waals surface area contributed by atoms with Gasteiger partial charge in [0.2, 0.25) is 0 Å². The van der Waals surface area contributed by atoms with Gasteiger partial charge in [0, 0.05) is 22.7 Å². The Balaban J connectivity index is 2.13. The summed E-state index contributed by atoms with van der Waals surface area (Å²) in [7, 11) is -1.71. The molecule has 1 aromatic carbocycles. The maximum atomic E-state index is 12.0. The number of benzene rings is 1. The van der Waals surface area contributed by atoms with E-state index in [9.17, 15) is 13.2 Å². The summed E-state index contributed by atoms with van der Waals surface area (Å²) in [5.74, 6) is -0.0323. The summed E-state index contributed by atoms with van der Waals surface area (Å²) in [5.41, 5.74) is 6.38. The van der Waals surface area contributed by atoms with Gasteiger partial charge < -0.3 is 15.8 Å². The molecule has 19 heavy (non-hydrogen) atoms. The van der Waals surface area contributed by atoms with Gasteiger partial charge in [0.15, 0.2) is 9.84 Å². The Kier molecular flexibility index (Phi) is 3.48. The lowest BCUT2D eigenvalue weighted by atomic mass is 10.1. The van der Waals surface area contributed by atoms with Crippen molar-refractivity contribution in [3.63, 3.8) is 0 Å². The van der Waals surface area contributed by atoms with Gasteiger partial charge in [-0.05, 0) is 18.2 Å². The molecule has 1 atom stereocenters. The average molecular weight is 282 g/mol. The van der Waals surface area contributed by atoms with Gasteiger partial charge in [-0.3, -0.25) is 4.79 Å². The van der Waals surface area contributed by atoms with E-state index in [4.69, 9.17) is 10.5 Å². The van der Waals surface area contributed by atoms with Gasteiger partial charge in [-0.2, -0.15) is 0 Å². The van der Waals surface area contributed by atoms with Crippen molar-refractivity contribution in [1.29, 1.82) is 0 Å². The molecular formula is C12H14N2O4S. The Hall–Kier alpha value is -2.02. The molecule has 0 radical (unpaired) electrons. The van der Waals surface area contributed by atoms with E-state index < -0.39 is 21.8 Å². The molecule has 0 aromatic heterocycles. The van der Waals surface area contributed by atoms with E-state index in [2.05, 4.69) is 5.32 Å². The third-order valence-electron chi connectivity index (χ3n) is 2.67. The topological polar surface area (TPSA) is 98.5 Å². The lowest BCUT2D eigenvalue weighted by molar-refractivity contribution is 0.0947.